The number of fused-ring (bicyclic) bond motifs is 1. The van der Waals surface area contributed by atoms with Crippen LogP contribution < -0.4 is 4.72 Å². The van der Waals surface area contributed by atoms with Crippen molar-refractivity contribution in [3.63, 3.8) is 0 Å². The van der Waals surface area contributed by atoms with Crippen molar-refractivity contribution in [3.8, 4) is 0 Å². The van der Waals surface area contributed by atoms with Crippen molar-refractivity contribution >= 4 is 26.0 Å². The smallest absolute Gasteiger partial charge is 0.215 e. The Hall–Kier alpha value is -0.400. The van der Waals surface area contributed by atoms with Crippen LogP contribution in [0.25, 0.3) is 0 Å². The van der Waals surface area contributed by atoms with Gasteiger partial charge in [-0.2, -0.15) is 0 Å². The predicted octanol–water partition coefficient (Wildman–Crippen LogP) is 2.05. The van der Waals surface area contributed by atoms with Crippen LogP contribution in [-0.2, 0) is 16.6 Å². The largest absolute Gasteiger partial charge is 0.359 e. The van der Waals surface area contributed by atoms with Gasteiger partial charge in [-0.15, -0.1) is 0 Å². The summed E-state index contributed by atoms with van der Waals surface area (Å²) in [5.74, 6) is 1.30. The molecule has 2 saturated carbocycles. The number of hydrogen-bond donors (Lipinski definition) is 1. The summed E-state index contributed by atoms with van der Waals surface area (Å²) in [5.41, 5.74) is 0. The summed E-state index contributed by atoms with van der Waals surface area (Å²) in [4.78, 5) is 0. The minimum atomic E-state index is -3.21. The Morgan fingerprint density at radius 2 is 2.06 bits per heavy atom. The first-order valence-electron chi connectivity index (χ1n) is 6.17. The lowest BCUT2D eigenvalue weighted by Crippen LogP contribution is -2.28. The van der Waals surface area contributed by atoms with Gasteiger partial charge < -0.3 is 4.52 Å². The molecule has 2 atom stereocenters. The van der Waals surface area contributed by atoms with Gasteiger partial charge in [0.2, 0.25) is 10.0 Å². The SMILES string of the molecule is O=S(=O)(NCc1cc(Br)no1)C1C2CCCCC21. The summed E-state index contributed by atoms with van der Waals surface area (Å²) in [5, 5.41) is 3.48. The second-order valence-corrected chi connectivity index (χ2v) is 7.79. The van der Waals surface area contributed by atoms with Crippen molar-refractivity contribution < 1.29 is 12.9 Å². The van der Waals surface area contributed by atoms with E-state index in [0.29, 0.717) is 22.2 Å². The highest BCUT2D eigenvalue weighted by Crippen LogP contribution is 2.53. The summed E-state index contributed by atoms with van der Waals surface area (Å²) < 4.78 is 32.5. The second-order valence-electron chi connectivity index (χ2n) is 5.06. The fourth-order valence-corrected chi connectivity index (χ4v) is 5.40. The van der Waals surface area contributed by atoms with Gasteiger partial charge in [0, 0.05) is 6.07 Å². The Bertz CT molecular complexity index is 530. The molecule has 0 spiro atoms. The van der Waals surface area contributed by atoms with Crippen LogP contribution in [0.2, 0.25) is 0 Å². The van der Waals surface area contributed by atoms with Crippen molar-refractivity contribution in [1.82, 2.24) is 9.88 Å². The first-order valence-corrected chi connectivity index (χ1v) is 8.51. The van der Waals surface area contributed by atoms with Crippen LogP contribution in [0.1, 0.15) is 31.4 Å². The van der Waals surface area contributed by atoms with Crippen molar-refractivity contribution in [2.45, 2.75) is 37.5 Å². The van der Waals surface area contributed by atoms with Crippen molar-refractivity contribution in [1.29, 1.82) is 0 Å². The van der Waals surface area contributed by atoms with Gasteiger partial charge >= 0.3 is 0 Å². The van der Waals surface area contributed by atoms with E-state index in [9.17, 15) is 8.42 Å². The highest BCUT2D eigenvalue weighted by molar-refractivity contribution is 9.10. The van der Waals surface area contributed by atoms with E-state index in [0.717, 1.165) is 12.8 Å². The maximum absolute atomic E-state index is 12.2. The van der Waals surface area contributed by atoms with E-state index < -0.39 is 10.0 Å². The van der Waals surface area contributed by atoms with Gasteiger partial charge in [0.15, 0.2) is 5.76 Å². The van der Waals surface area contributed by atoms with Gasteiger partial charge in [0.05, 0.1) is 11.8 Å². The van der Waals surface area contributed by atoms with E-state index in [4.69, 9.17) is 4.52 Å². The van der Waals surface area contributed by atoms with Crippen LogP contribution >= 0.6 is 15.9 Å². The zero-order chi connectivity index (χ0) is 12.8. The number of hydrogen-bond acceptors (Lipinski definition) is 4. The number of nitrogens with one attached hydrogen (secondary N) is 1. The molecule has 0 saturated heterocycles. The molecule has 0 amide bonds. The minimum Gasteiger partial charge on any atom is -0.359 e. The molecule has 1 N–H and O–H groups in total. The molecule has 0 aromatic carbocycles. The number of rotatable bonds is 4. The Labute approximate surface area is 114 Å². The molecular formula is C11H15BrN2O3S. The molecule has 1 aromatic heterocycles. The molecule has 2 fully saturated rings. The first-order chi connectivity index (χ1) is 8.58. The summed E-state index contributed by atoms with van der Waals surface area (Å²) >= 11 is 3.16. The fraction of sp³-hybridized carbons (Fsp3) is 0.727. The minimum absolute atomic E-state index is 0.175. The zero-order valence-corrected chi connectivity index (χ0v) is 12.2. The molecule has 0 radical (unpaired) electrons. The van der Waals surface area contributed by atoms with Crippen LogP contribution in [0, 0.1) is 11.8 Å². The lowest BCUT2D eigenvalue weighted by atomic mass is 10.0. The van der Waals surface area contributed by atoms with Crippen molar-refractivity contribution in [2.24, 2.45) is 11.8 Å². The Morgan fingerprint density at radius 1 is 1.39 bits per heavy atom. The van der Waals surface area contributed by atoms with Gasteiger partial charge in [0.1, 0.15) is 4.60 Å². The van der Waals surface area contributed by atoms with Crippen LogP contribution in [0.3, 0.4) is 0 Å². The molecule has 0 aliphatic heterocycles. The van der Waals surface area contributed by atoms with E-state index in [1.165, 1.54) is 12.8 Å². The van der Waals surface area contributed by atoms with Gasteiger partial charge in [-0.25, -0.2) is 13.1 Å². The van der Waals surface area contributed by atoms with E-state index in [-0.39, 0.29) is 11.8 Å². The Kier molecular flexibility index (Phi) is 3.23. The average molecular weight is 335 g/mol. The third kappa shape index (κ3) is 2.35. The maximum Gasteiger partial charge on any atom is 0.215 e. The summed E-state index contributed by atoms with van der Waals surface area (Å²) in [7, 11) is -3.21. The van der Waals surface area contributed by atoms with Crippen LogP contribution in [-0.4, -0.2) is 18.8 Å². The molecule has 7 heteroatoms. The predicted molar refractivity (Wildman–Crippen MR) is 69.2 cm³/mol. The number of halogens is 1. The third-order valence-electron chi connectivity index (χ3n) is 3.91. The maximum atomic E-state index is 12.2. The summed E-state index contributed by atoms with van der Waals surface area (Å²) in [6, 6.07) is 1.67. The Morgan fingerprint density at radius 3 is 2.61 bits per heavy atom. The van der Waals surface area contributed by atoms with E-state index >= 15 is 0 Å². The van der Waals surface area contributed by atoms with E-state index in [2.05, 4.69) is 25.8 Å². The zero-order valence-electron chi connectivity index (χ0n) is 9.80. The topological polar surface area (TPSA) is 72.2 Å². The molecule has 18 heavy (non-hydrogen) atoms. The Balaban J connectivity index is 1.62. The lowest BCUT2D eigenvalue weighted by molar-refractivity contribution is 0.377. The molecular weight excluding hydrogens is 320 g/mol. The number of sulfonamides is 1. The second kappa shape index (κ2) is 4.61. The van der Waals surface area contributed by atoms with Crippen molar-refractivity contribution in [3.05, 3.63) is 16.4 Å². The van der Waals surface area contributed by atoms with E-state index in [1.807, 2.05) is 0 Å². The highest BCUT2D eigenvalue weighted by atomic mass is 79.9. The molecule has 2 unspecified atom stereocenters. The molecule has 3 rings (SSSR count). The average Bonchev–Trinajstić information content (AvgIpc) is 2.95. The highest BCUT2D eigenvalue weighted by Gasteiger charge is 2.57. The molecule has 1 heterocycles. The van der Waals surface area contributed by atoms with Gasteiger partial charge in [-0.3, -0.25) is 0 Å². The van der Waals surface area contributed by atoms with Crippen LogP contribution in [0.4, 0.5) is 0 Å². The summed E-state index contributed by atoms with van der Waals surface area (Å²) in [6.45, 7) is 0.177. The molecule has 0 bridgehead atoms. The van der Waals surface area contributed by atoms with E-state index in [1.54, 1.807) is 6.07 Å². The molecule has 2 aliphatic rings. The summed E-state index contributed by atoms with van der Waals surface area (Å²) in [6.07, 6.45) is 4.46. The van der Waals surface area contributed by atoms with Crippen molar-refractivity contribution in [2.75, 3.05) is 0 Å². The molecule has 2 aliphatic carbocycles. The van der Waals surface area contributed by atoms with Gasteiger partial charge in [0.25, 0.3) is 0 Å². The monoisotopic (exact) mass is 334 g/mol. The molecule has 5 nitrogen and oxygen atoms in total. The standard InChI is InChI=1S/C11H15BrN2O3S/c12-10-5-7(17-14-10)6-13-18(15,16)11-8-3-1-2-4-9(8)11/h5,8-9,11,13H,1-4,6H2. The lowest BCUT2D eigenvalue weighted by Gasteiger charge is -2.04. The number of nitrogens with zero attached hydrogens (tertiary/aromatic N) is 1. The first kappa shape index (κ1) is 12.6. The third-order valence-corrected chi connectivity index (χ3v) is 6.25. The number of aromatic nitrogens is 1. The normalized spacial score (nSPS) is 31.1. The van der Waals surface area contributed by atoms with Gasteiger partial charge in [-0.1, -0.05) is 18.0 Å². The fourth-order valence-electron chi connectivity index (χ4n) is 3.03. The molecule has 100 valence electrons. The van der Waals surface area contributed by atoms with Gasteiger partial charge in [-0.05, 0) is 40.6 Å². The molecule has 1 aromatic rings. The quantitative estimate of drug-likeness (QED) is 0.914. The van der Waals surface area contributed by atoms with Crippen LogP contribution in [0.15, 0.2) is 15.2 Å². The van der Waals surface area contributed by atoms with Crippen LogP contribution in [0.5, 0.6) is 0 Å².